The number of halogens is 2. The van der Waals surface area contributed by atoms with Crippen LogP contribution in [0.15, 0.2) is 22.7 Å². The molecule has 1 aliphatic rings. The average molecular weight is 356 g/mol. The van der Waals surface area contributed by atoms with E-state index in [0.717, 1.165) is 22.4 Å². The summed E-state index contributed by atoms with van der Waals surface area (Å²) >= 11 is 9.92. The molecule has 0 aliphatic heterocycles. The highest BCUT2D eigenvalue weighted by atomic mass is 79.9. The Balaban J connectivity index is 2.10. The first-order valence-corrected chi connectivity index (χ1v) is 8.51. The summed E-state index contributed by atoms with van der Waals surface area (Å²) in [6.07, 6.45) is 5.30. The van der Waals surface area contributed by atoms with Crippen LogP contribution < -0.4 is 0 Å². The van der Waals surface area contributed by atoms with Crippen LogP contribution in [0.1, 0.15) is 50.7 Å². The summed E-state index contributed by atoms with van der Waals surface area (Å²) in [7, 11) is 0. The molecule has 0 spiro atoms. The summed E-state index contributed by atoms with van der Waals surface area (Å²) in [4.78, 5) is 4.74. The van der Waals surface area contributed by atoms with Gasteiger partial charge in [-0.1, -0.05) is 35.7 Å². The molecule has 0 saturated heterocycles. The third kappa shape index (κ3) is 2.62. The van der Waals surface area contributed by atoms with Gasteiger partial charge in [-0.25, -0.2) is 4.98 Å². The predicted molar refractivity (Wildman–Crippen MR) is 88.3 cm³/mol. The smallest absolute Gasteiger partial charge is 0.127 e. The fourth-order valence-electron chi connectivity index (χ4n) is 3.35. The van der Waals surface area contributed by atoms with Crippen LogP contribution in [0.5, 0.6) is 0 Å². The maximum Gasteiger partial charge on any atom is 0.127 e. The fraction of sp³-hybridized carbons (Fsp3) is 0.562. The zero-order valence-electron chi connectivity index (χ0n) is 12.0. The van der Waals surface area contributed by atoms with Gasteiger partial charge in [-0.3, -0.25) is 0 Å². The van der Waals surface area contributed by atoms with E-state index in [2.05, 4.69) is 39.6 Å². The maximum atomic E-state index is 6.36. The molecule has 1 fully saturated rings. The van der Waals surface area contributed by atoms with Crippen molar-refractivity contribution in [1.82, 2.24) is 9.55 Å². The Morgan fingerprint density at radius 2 is 2.10 bits per heavy atom. The van der Waals surface area contributed by atoms with Gasteiger partial charge in [0.25, 0.3) is 0 Å². The number of benzene rings is 1. The lowest BCUT2D eigenvalue weighted by molar-refractivity contribution is 0.281. The van der Waals surface area contributed by atoms with Crippen LogP contribution in [0.3, 0.4) is 0 Å². The summed E-state index contributed by atoms with van der Waals surface area (Å²) in [6, 6.07) is 6.26. The molecule has 0 radical (unpaired) electrons. The molecule has 0 amide bonds. The molecule has 1 saturated carbocycles. The van der Waals surface area contributed by atoms with Gasteiger partial charge in [0.05, 0.1) is 16.4 Å². The van der Waals surface area contributed by atoms with E-state index in [-0.39, 0.29) is 5.38 Å². The molecule has 2 aromatic rings. The number of hydrogen-bond acceptors (Lipinski definition) is 1. The number of rotatable bonds is 3. The van der Waals surface area contributed by atoms with Gasteiger partial charge in [0.1, 0.15) is 5.82 Å². The van der Waals surface area contributed by atoms with Crippen molar-refractivity contribution in [1.29, 1.82) is 0 Å². The Kier molecular flexibility index (Phi) is 3.85. The van der Waals surface area contributed by atoms with E-state index in [0.29, 0.717) is 5.41 Å². The van der Waals surface area contributed by atoms with Crippen LogP contribution in [0.25, 0.3) is 11.0 Å². The molecule has 2 nitrogen and oxygen atoms in total. The van der Waals surface area contributed by atoms with E-state index in [1.807, 2.05) is 13.0 Å². The Bertz CT molecular complexity index is 627. The SMILES string of the molecule is CC(Cl)c1nc2ccc(Br)cc2n1CC1(C)CCCC1. The van der Waals surface area contributed by atoms with Crippen molar-refractivity contribution in [2.45, 2.75) is 51.5 Å². The predicted octanol–water partition coefficient (Wildman–Crippen LogP) is 5.68. The molecule has 1 aromatic carbocycles. The first-order valence-electron chi connectivity index (χ1n) is 7.28. The van der Waals surface area contributed by atoms with Gasteiger partial charge in [0.15, 0.2) is 0 Å². The van der Waals surface area contributed by atoms with E-state index in [1.54, 1.807) is 0 Å². The van der Waals surface area contributed by atoms with E-state index in [4.69, 9.17) is 16.6 Å². The number of hydrogen-bond donors (Lipinski definition) is 0. The van der Waals surface area contributed by atoms with Gasteiger partial charge >= 0.3 is 0 Å². The molecule has 1 unspecified atom stereocenters. The number of fused-ring (bicyclic) bond motifs is 1. The third-order valence-electron chi connectivity index (χ3n) is 4.45. The van der Waals surface area contributed by atoms with Crippen LogP contribution in [0, 0.1) is 5.41 Å². The van der Waals surface area contributed by atoms with Gasteiger partial charge in [-0.05, 0) is 43.4 Å². The Morgan fingerprint density at radius 3 is 2.75 bits per heavy atom. The second-order valence-electron chi connectivity index (χ2n) is 6.32. The van der Waals surface area contributed by atoms with Gasteiger partial charge in [-0.15, -0.1) is 11.6 Å². The number of aromatic nitrogens is 2. The summed E-state index contributed by atoms with van der Waals surface area (Å²) < 4.78 is 3.43. The van der Waals surface area contributed by atoms with Crippen molar-refractivity contribution in [3.05, 3.63) is 28.5 Å². The van der Waals surface area contributed by atoms with Crippen molar-refractivity contribution < 1.29 is 0 Å². The van der Waals surface area contributed by atoms with Crippen molar-refractivity contribution in [2.75, 3.05) is 0 Å². The van der Waals surface area contributed by atoms with Gasteiger partial charge < -0.3 is 4.57 Å². The third-order valence-corrected chi connectivity index (χ3v) is 5.13. The Hall–Kier alpha value is -0.540. The first-order chi connectivity index (χ1) is 9.48. The second-order valence-corrected chi connectivity index (χ2v) is 7.89. The summed E-state index contributed by atoms with van der Waals surface area (Å²) in [5, 5.41) is -0.0637. The lowest BCUT2D eigenvalue weighted by Gasteiger charge is -2.26. The van der Waals surface area contributed by atoms with Gasteiger partial charge in [0.2, 0.25) is 0 Å². The number of imidazole rings is 1. The van der Waals surface area contributed by atoms with E-state index >= 15 is 0 Å². The lowest BCUT2D eigenvalue weighted by atomic mass is 9.88. The molecule has 1 aromatic heterocycles. The molecule has 1 aliphatic carbocycles. The molecule has 4 heteroatoms. The zero-order valence-corrected chi connectivity index (χ0v) is 14.3. The highest BCUT2D eigenvalue weighted by molar-refractivity contribution is 9.10. The van der Waals surface area contributed by atoms with Crippen LogP contribution in [-0.4, -0.2) is 9.55 Å². The molecule has 20 heavy (non-hydrogen) atoms. The van der Waals surface area contributed by atoms with Crippen LogP contribution >= 0.6 is 27.5 Å². The molecule has 1 atom stereocenters. The largest absolute Gasteiger partial charge is 0.326 e. The molecular formula is C16H20BrClN2. The highest BCUT2D eigenvalue weighted by Gasteiger charge is 2.31. The van der Waals surface area contributed by atoms with E-state index in [1.165, 1.54) is 31.2 Å². The normalized spacial score (nSPS) is 19.6. The second kappa shape index (κ2) is 5.34. The van der Waals surface area contributed by atoms with E-state index in [9.17, 15) is 0 Å². The minimum atomic E-state index is -0.0637. The summed E-state index contributed by atoms with van der Waals surface area (Å²) in [5.41, 5.74) is 2.61. The fourth-order valence-corrected chi connectivity index (χ4v) is 3.87. The molecule has 0 bridgehead atoms. The maximum absolute atomic E-state index is 6.36. The minimum Gasteiger partial charge on any atom is -0.326 e. The van der Waals surface area contributed by atoms with Crippen molar-refractivity contribution in [2.24, 2.45) is 5.41 Å². The molecule has 108 valence electrons. The highest BCUT2D eigenvalue weighted by Crippen LogP contribution is 2.40. The first kappa shape index (κ1) is 14.4. The lowest BCUT2D eigenvalue weighted by Crippen LogP contribution is -2.21. The quantitative estimate of drug-likeness (QED) is 0.648. The van der Waals surface area contributed by atoms with Crippen LogP contribution in [-0.2, 0) is 6.54 Å². The van der Waals surface area contributed by atoms with Gasteiger partial charge in [-0.2, -0.15) is 0 Å². The topological polar surface area (TPSA) is 17.8 Å². The van der Waals surface area contributed by atoms with Crippen molar-refractivity contribution >= 4 is 38.6 Å². The zero-order chi connectivity index (χ0) is 14.3. The molecular weight excluding hydrogens is 336 g/mol. The Morgan fingerprint density at radius 1 is 1.40 bits per heavy atom. The Labute approximate surface area is 133 Å². The molecule has 3 rings (SSSR count). The minimum absolute atomic E-state index is 0.0637. The average Bonchev–Trinajstić information content (AvgIpc) is 2.95. The molecule has 1 heterocycles. The summed E-state index contributed by atoms with van der Waals surface area (Å²) in [6.45, 7) is 5.42. The standard InChI is InChI=1S/C16H20BrClN2/c1-11(18)15-19-13-6-5-12(17)9-14(13)20(15)10-16(2)7-3-4-8-16/h5-6,9,11H,3-4,7-8,10H2,1-2H3. The van der Waals surface area contributed by atoms with Crippen LogP contribution in [0.2, 0.25) is 0 Å². The van der Waals surface area contributed by atoms with Crippen molar-refractivity contribution in [3.63, 3.8) is 0 Å². The molecule has 0 N–H and O–H groups in total. The number of alkyl halides is 1. The number of nitrogens with zero attached hydrogens (tertiary/aromatic N) is 2. The van der Waals surface area contributed by atoms with Gasteiger partial charge in [0, 0.05) is 11.0 Å². The van der Waals surface area contributed by atoms with Crippen molar-refractivity contribution in [3.8, 4) is 0 Å². The monoisotopic (exact) mass is 354 g/mol. The van der Waals surface area contributed by atoms with E-state index < -0.39 is 0 Å². The summed E-state index contributed by atoms with van der Waals surface area (Å²) in [5.74, 6) is 0.993. The van der Waals surface area contributed by atoms with Crippen LogP contribution in [0.4, 0.5) is 0 Å².